The largest absolute Gasteiger partial charge is 0.462 e. The van der Waals surface area contributed by atoms with Crippen molar-refractivity contribution in [2.75, 3.05) is 13.2 Å². The molecule has 0 spiro atoms. The van der Waals surface area contributed by atoms with E-state index >= 15 is 0 Å². The van der Waals surface area contributed by atoms with Gasteiger partial charge >= 0.3 is 17.9 Å². The molecule has 0 aliphatic heterocycles. The molecule has 0 fully saturated rings. The highest BCUT2D eigenvalue weighted by Gasteiger charge is 2.19. The lowest BCUT2D eigenvalue weighted by molar-refractivity contribution is -0.167. The molecule has 0 N–H and O–H groups in total. The van der Waals surface area contributed by atoms with E-state index in [1.54, 1.807) is 0 Å². The third kappa shape index (κ3) is 49.3. The van der Waals surface area contributed by atoms with Crippen LogP contribution in [0.5, 0.6) is 0 Å². The molecule has 0 aliphatic rings. The van der Waals surface area contributed by atoms with Crippen molar-refractivity contribution in [1.29, 1.82) is 0 Å². The van der Waals surface area contributed by atoms with Gasteiger partial charge in [0.1, 0.15) is 13.2 Å². The lowest BCUT2D eigenvalue weighted by atomic mass is 10.1. The summed E-state index contributed by atoms with van der Waals surface area (Å²) in [6.45, 7) is 6.39. The molecule has 0 saturated heterocycles. The number of rotatable bonds is 46. The van der Waals surface area contributed by atoms with E-state index in [9.17, 15) is 14.4 Å². The molecule has 6 heteroatoms. The van der Waals surface area contributed by atoms with Gasteiger partial charge in [0, 0.05) is 19.3 Å². The van der Waals surface area contributed by atoms with Crippen molar-refractivity contribution in [1.82, 2.24) is 0 Å². The average molecular weight is 889 g/mol. The minimum atomic E-state index is -0.788. The summed E-state index contributed by atoms with van der Waals surface area (Å²) in [5.41, 5.74) is 0. The smallest absolute Gasteiger partial charge is 0.306 e. The maximum atomic E-state index is 12.7. The highest BCUT2D eigenvalue weighted by Crippen LogP contribution is 2.13. The number of esters is 3. The Kier molecular flexibility index (Phi) is 49.0. The molecule has 0 bridgehead atoms. The molecule has 0 aliphatic carbocycles. The first kappa shape index (κ1) is 60.3. The summed E-state index contributed by atoms with van der Waals surface area (Å²) < 4.78 is 16.6. The van der Waals surface area contributed by atoms with Crippen LogP contribution in [0.25, 0.3) is 0 Å². The van der Waals surface area contributed by atoms with Crippen molar-refractivity contribution in [3.05, 3.63) is 97.2 Å². The van der Waals surface area contributed by atoms with Crippen LogP contribution in [0.1, 0.15) is 233 Å². The lowest BCUT2D eigenvalue weighted by Crippen LogP contribution is -2.30. The summed E-state index contributed by atoms with van der Waals surface area (Å²) in [7, 11) is 0. The summed E-state index contributed by atoms with van der Waals surface area (Å²) in [4.78, 5) is 37.7. The summed E-state index contributed by atoms with van der Waals surface area (Å²) in [5.74, 6) is -0.936. The van der Waals surface area contributed by atoms with Crippen molar-refractivity contribution in [3.63, 3.8) is 0 Å². The maximum absolute atomic E-state index is 12.7. The molecule has 0 aromatic carbocycles. The highest BCUT2D eigenvalue weighted by atomic mass is 16.6. The van der Waals surface area contributed by atoms with E-state index in [1.165, 1.54) is 51.4 Å². The standard InChI is InChI=1S/C58H96O6/c1-4-7-10-13-15-17-19-21-23-25-26-27-28-29-30-31-32-33-35-36-38-40-42-45-48-51-57(60)63-54-55(53-62-56(59)50-47-44-12-9-6-3)64-58(61)52-49-46-43-41-39-37-34-24-22-20-18-16-14-11-8-5-2/h7,10,15,17-18,20-21,23-24,26-27,29-30,32-34,55H,4-6,8-9,11-14,16,19,22,25,28,31,35-54H2,1-3H3/b10-7-,17-15-,20-18-,23-21-,27-26-,30-29-,33-32-,34-24-. The Morgan fingerprint density at radius 3 is 0.969 bits per heavy atom. The number of ether oxygens (including phenoxy) is 3. The fraction of sp³-hybridized carbons (Fsp3) is 0.672. The Labute approximate surface area is 394 Å². The highest BCUT2D eigenvalue weighted by molar-refractivity contribution is 5.71. The molecule has 0 saturated carbocycles. The second-order valence-electron chi connectivity index (χ2n) is 17.1. The van der Waals surface area contributed by atoms with E-state index in [-0.39, 0.29) is 31.1 Å². The van der Waals surface area contributed by atoms with Gasteiger partial charge in [0.2, 0.25) is 0 Å². The van der Waals surface area contributed by atoms with Gasteiger partial charge in [0.25, 0.3) is 0 Å². The first-order valence-corrected chi connectivity index (χ1v) is 26.2. The van der Waals surface area contributed by atoms with Gasteiger partial charge in [-0.25, -0.2) is 0 Å². The van der Waals surface area contributed by atoms with E-state index < -0.39 is 6.10 Å². The number of carbonyl (C=O) groups is 3. The molecule has 364 valence electrons. The molecule has 1 atom stereocenters. The van der Waals surface area contributed by atoms with Crippen LogP contribution < -0.4 is 0 Å². The zero-order valence-electron chi connectivity index (χ0n) is 41.5. The van der Waals surface area contributed by atoms with Crippen LogP contribution in [0.2, 0.25) is 0 Å². The van der Waals surface area contributed by atoms with Gasteiger partial charge in [-0.3, -0.25) is 14.4 Å². The van der Waals surface area contributed by atoms with Gasteiger partial charge < -0.3 is 14.2 Å². The van der Waals surface area contributed by atoms with Crippen LogP contribution in [0.15, 0.2) is 97.2 Å². The molecule has 1 unspecified atom stereocenters. The Balaban J connectivity index is 4.20. The molecule has 0 aromatic heterocycles. The monoisotopic (exact) mass is 889 g/mol. The molecular weight excluding hydrogens is 793 g/mol. The van der Waals surface area contributed by atoms with Crippen LogP contribution in [-0.4, -0.2) is 37.2 Å². The molecular formula is C58H96O6. The molecule has 6 nitrogen and oxygen atoms in total. The lowest BCUT2D eigenvalue weighted by Gasteiger charge is -2.18. The quantitative estimate of drug-likeness (QED) is 0.0262. The van der Waals surface area contributed by atoms with E-state index in [0.717, 1.165) is 141 Å². The van der Waals surface area contributed by atoms with Gasteiger partial charge in [0.15, 0.2) is 6.10 Å². The van der Waals surface area contributed by atoms with Crippen LogP contribution >= 0.6 is 0 Å². The van der Waals surface area contributed by atoms with Crippen LogP contribution in [-0.2, 0) is 28.6 Å². The fourth-order valence-corrected chi connectivity index (χ4v) is 6.89. The van der Waals surface area contributed by atoms with Crippen LogP contribution in [0.4, 0.5) is 0 Å². The van der Waals surface area contributed by atoms with Gasteiger partial charge in [-0.15, -0.1) is 0 Å². The van der Waals surface area contributed by atoms with Gasteiger partial charge in [-0.05, 0) is 103 Å². The van der Waals surface area contributed by atoms with Crippen LogP contribution in [0.3, 0.4) is 0 Å². The zero-order valence-corrected chi connectivity index (χ0v) is 41.5. The summed E-state index contributed by atoms with van der Waals surface area (Å²) in [6, 6.07) is 0. The number of hydrogen-bond donors (Lipinski definition) is 0. The minimum absolute atomic E-state index is 0.0896. The third-order valence-corrected chi connectivity index (χ3v) is 10.8. The fourth-order valence-electron chi connectivity index (χ4n) is 6.89. The van der Waals surface area contributed by atoms with Crippen molar-refractivity contribution in [3.8, 4) is 0 Å². The van der Waals surface area contributed by atoms with Crippen molar-refractivity contribution in [2.45, 2.75) is 239 Å². The van der Waals surface area contributed by atoms with E-state index in [0.29, 0.717) is 19.3 Å². The summed E-state index contributed by atoms with van der Waals surface area (Å²) >= 11 is 0. The predicted octanol–water partition coefficient (Wildman–Crippen LogP) is 17.4. The van der Waals surface area contributed by atoms with Crippen molar-refractivity contribution < 1.29 is 28.6 Å². The van der Waals surface area contributed by atoms with Crippen molar-refractivity contribution >= 4 is 17.9 Å². The Morgan fingerprint density at radius 2 is 0.609 bits per heavy atom. The second kappa shape index (κ2) is 52.0. The number of hydrogen-bond acceptors (Lipinski definition) is 6. The van der Waals surface area contributed by atoms with Gasteiger partial charge in [0.05, 0.1) is 0 Å². The van der Waals surface area contributed by atoms with E-state index in [2.05, 4.69) is 118 Å². The second-order valence-corrected chi connectivity index (χ2v) is 17.1. The summed E-state index contributed by atoms with van der Waals surface area (Å²) in [6.07, 6.45) is 68.6. The number of unbranched alkanes of at least 4 members (excludes halogenated alkanes) is 19. The topological polar surface area (TPSA) is 78.9 Å². The molecule has 0 aromatic rings. The Hall–Kier alpha value is -3.67. The predicted molar refractivity (Wildman–Crippen MR) is 274 cm³/mol. The van der Waals surface area contributed by atoms with E-state index in [4.69, 9.17) is 14.2 Å². The first-order valence-electron chi connectivity index (χ1n) is 26.2. The average Bonchev–Trinajstić information content (AvgIpc) is 3.29. The molecule has 64 heavy (non-hydrogen) atoms. The molecule has 0 heterocycles. The molecule has 0 rings (SSSR count). The van der Waals surface area contributed by atoms with Crippen LogP contribution in [0, 0.1) is 0 Å². The minimum Gasteiger partial charge on any atom is -0.462 e. The molecule has 0 radical (unpaired) electrons. The zero-order chi connectivity index (χ0) is 46.5. The normalized spacial score (nSPS) is 12.9. The SMILES string of the molecule is CC/C=C\C/C=C\C/C=C\C/C=C\C/C=C\C/C=C\CCCCCCCCC(=O)OCC(COC(=O)CCCCCCC)OC(=O)CCCCCCC/C=C\C/C=C\CCCCCC. The van der Waals surface area contributed by atoms with E-state index in [1.807, 2.05) is 0 Å². The first-order chi connectivity index (χ1) is 31.5. The number of carbonyl (C=O) groups excluding carboxylic acids is 3. The van der Waals surface area contributed by atoms with Gasteiger partial charge in [-0.2, -0.15) is 0 Å². The molecule has 0 amide bonds. The Morgan fingerprint density at radius 1 is 0.328 bits per heavy atom. The number of allylic oxidation sites excluding steroid dienone is 16. The van der Waals surface area contributed by atoms with Crippen molar-refractivity contribution in [2.24, 2.45) is 0 Å². The van der Waals surface area contributed by atoms with Gasteiger partial charge in [-0.1, -0.05) is 208 Å². The third-order valence-electron chi connectivity index (χ3n) is 10.8. The Bertz CT molecular complexity index is 1300. The summed E-state index contributed by atoms with van der Waals surface area (Å²) in [5, 5.41) is 0. The maximum Gasteiger partial charge on any atom is 0.306 e.